The van der Waals surface area contributed by atoms with Crippen molar-refractivity contribution in [2.24, 2.45) is 11.8 Å². The van der Waals surface area contributed by atoms with Gasteiger partial charge in [0.25, 0.3) is 11.8 Å². The minimum absolute atomic E-state index is 0.0357. The Kier molecular flexibility index (Phi) is 6.47. The van der Waals surface area contributed by atoms with Crippen LogP contribution in [0.4, 0.5) is 19.0 Å². The third-order valence-electron chi connectivity index (χ3n) is 8.61. The van der Waals surface area contributed by atoms with E-state index in [9.17, 15) is 27.9 Å². The molecule has 4 N–H and O–H groups in total. The molecule has 2 aliphatic carbocycles. The zero-order valence-corrected chi connectivity index (χ0v) is 22.0. The molecule has 9 nitrogen and oxygen atoms in total. The SMILES string of the molecule is C[C@@H](C1CC1)N1Cc2cc(-c3ccn4nc(N)c(C(=O)N[C@H]5CC[C@H](CO)CC5)c4n3)cc(C(F)(F)F)c2C1=O. The first kappa shape index (κ1) is 26.5. The van der Waals surface area contributed by atoms with Crippen LogP contribution in [0.15, 0.2) is 24.4 Å². The number of carbonyl (C=O) groups is 2. The summed E-state index contributed by atoms with van der Waals surface area (Å²) < 4.78 is 44.0. The highest BCUT2D eigenvalue weighted by Crippen LogP contribution is 2.43. The van der Waals surface area contributed by atoms with Gasteiger partial charge in [-0.3, -0.25) is 9.59 Å². The van der Waals surface area contributed by atoms with Crippen molar-refractivity contribution >= 4 is 23.3 Å². The van der Waals surface area contributed by atoms with Crippen molar-refractivity contribution in [3.05, 3.63) is 46.6 Å². The second-order valence-electron chi connectivity index (χ2n) is 11.3. The molecule has 1 aliphatic heterocycles. The van der Waals surface area contributed by atoms with Crippen LogP contribution in [0.3, 0.4) is 0 Å². The van der Waals surface area contributed by atoms with Crippen LogP contribution in [0.5, 0.6) is 0 Å². The maximum atomic E-state index is 14.2. The Morgan fingerprint density at radius 2 is 1.93 bits per heavy atom. The Hall–Kier alpha value is -3.67. The van der Waals surface area contributed by atoms with E-state index in [0.717, 1.165) is 44.6 Å². The number of aliphatic hydroxyl groups excluding tert-OH is 1. The minimum atomic E-state index is -4.74. The molecule has 1 aromatic carbocycles. The van der Waals surface area contributed by atoms with Crippen LogP contribution in [-0.2, 0) is 12.7 Å². The normalized spacial score (nSPS) is 22.0. The third-order valence-corrected chi connectivity index (χ3v) is 8.61. The number of nitrogens with one attached hydrogen (secondary N) is 1. The predicted molar refractivity (Wildman–Crippen MR) is 140 cm³/mol. The van der Waals surface area contributed by atoms with Crippen molar-refractivity contribution in [1.82, 2.24) is 24.8 Å². The Bertz CT molecular complexity index is 1490. The number of hydrogen-bond acceptors (Lipinski definition) is 6. The summed E-state index contributed by atoms with van der Waals surface area (Å²) in [5, 5.41) is 16.5. The molecule has 0 unspecified atom stereocenters. The second-order valence-corrected chi connectivity index (χ2v) is 11.3. The van der Waals surface area contributed by atoms with Crippen LogP contribution in [-0.4, -0.2) is 55.1 Å². The van der Waals surface area contributed by atoms with Gasteiger partial charge in [-0.25, -0.2) is 9.50 Å². The number of nitrogens with zero attached hydrogens (tertiary/aromatic N) is 4. The number of rotatable bonds is 6. The number of aliphatic hydroxyl groups is 1. The smallest absolute Gasteiger partial charge is 0.396 e. The Morgan fingerprint density at radius 3 is 2.58 bits per heavy atom. The van der Waals surface area contributed by atoms with Crippen molar-refractivity contribution in [2.75, 3.05) is 12.3 Å². The van der Waals surface area contributed by atoms with Gasteiger partial charge in [0.2, 0.25) is 0 Å². The summed E-state index contributed by atoms with van der Waals surface area (Å²) in [6.07, 6.45) is 1.75. The van der Waals surface area contributed by atoms with Crippen molar-refractivity contribution in [2.45, 2.75) is 70.3 Å². The molecule has 1 atom stereocenters. The molecule has 3 aromatic rings. The molecule has 2 saturated carbocycles. The highest BCUT2D eigenvalue weighted by atomic mass is 19.4. The van der Waals surface area contributed by atoms with Crippen LogP contribution >= 0.6 is 0 Å². The Balaban J connectivity index is 1.35. The second kappa shape index (κ2) is 9.76. The zero-order valence-electron chi connectivity index (χ0n) is 22.0. The van der Waals surface area contributed by atoms with Crippen LogP contribution in [0.25, 0.3) is 16.9 Å². The lowest BCUT2D eigenvalue weighted by Gasteiger charge is -2.27. The van der Waals surface area contributed by atoms with Crippen LogP contribution in [0.2, 0.25) is 0 Å². The van der Waals surface area contributed by atoms with Gasteiger partial charge in [0.05, 0.1) is 16.8 Å². The molecule has 2 fully saturated rings. The van der Waals surface area contributed by atoms with Crippen molar-refractivity contribution in [1.29, 1.82) is 0 Å². The van der Waals surface area contributed by atoms with E-state index in [1.165, 1.54) is 21.7 Å². The fourth-order valence-electron chi connectivity index (χ4n) is 6.08. The van der Waals surface area contributed by atoms with Gasteiger partial charge in [-0.1, -0.05) is 0 Å². The lowest BCUT2D eigenvalue weighted by molar-refractivity contribution is -0.137. The van der Waals surface area contributed by atoms with E-state index in [-0.39, 0.29) is 65.0 Å². The number of carbonyl (C=O) groups excluding carboxylic acids is 2. The number of nitrogen functional groups attached to an aromatic ring is 1. The fraction of sp³-hybridized carbons (Fsp3) is 0.500. The Morgan fingerprint density at radius 1 is 1.20 bits per heavy atom. The summed E-state index contributed by atoms with van der Waals surface area (Å²) >= 11 is 0. The van der Waals surface area contributed by atoms with Crippen molar-refractivity contribution < 1.29 is 27.9 Å². The molecule has 0 spiro atoms. The maximum absolute atomic E-state index is 14.2. The van der Waals surface area contributed by atoms with Gasteiger partial charge in [-0.05, 0) is 81.0 Å². The summed E-state index contributed by atoms with van der Waals surface area (Å²) in [5.74, 6) is -0.533. The van der Waals surface area contributed by atoms with E-state index in [4.69, 9.17) is 5.73 Å². The fourth-order valence-corrected chi connectivity index (χ4v) is 6.08. The largest absolute Gasteiger partial charge is 0.417 e. The summed E-state index contributed by atoms with van der Waals surface area (Å²) in [7, 11) is 0. The van der Waals surface area contributed by atoms with Gasteiger partial charge in [-0.15, -0.1) is 5.10 Å². The molecule has 2 aromatic heterocycles. The average Bonchev–Trinajstić information content (AvgIpc) is 3.64. The third kappa shape index (κ3) is 4.67. The van der Waals surface area contributed by atoms with E-state index >= 15 is 0 Å². The number of alkyl halides is 3. The molecular formula is C28H31F3N6O3. The lowest BCUT2D eigenvalue weighted by atomic mass is 9.86. The van der Waals surface area contributed by atoms with Crippen LogP contribution in [0.1, 0.15) is 77.3 Å². The monoisotopic (exact) mass is 556 g/mol. The van der Waals surface area contributed by atoms with E-state index < -0.39 is 23.6 Å². The summed E-state index contributed by atoms with van der Waals surface area (Å²) in [4.78, 5) is 32.4. The molecule has 212 valence electrons. The van der Waals surface area contributed by atoms with Gasteiger partial charge in [0.15, 0.2) is 11.5 Å². The van der Waals surface area contributed by atoms with Crippen LogP contribution in [0, 0.1) is 11.8 Å². The van der Waals surface area contributed by atoms with Crippen molar-refractivity contribution in [3.8, 4) is 11.3 Å². The summed E-state index contributed by atoms with van der Waals surface area (Å²) in [6.45, 7) is 2.12. The first-order chi connectivity index (χ1) is 19.0. The van der Waals surface area contributed by atoms with Gasteiger partial charge < -0.3 is 21.1 Å². The topological polar surface area (TPSA) is 126 Å². The Labute approximate surface area is 228 Å². The van der Waals surface area contributed by atoms with Gasteiger partial charge in [0.1, 0.15) is 5.56 Å². The van der Waals surface area contributed by atoms with E-state index in [1.807, 2.05) is 6.92 Å². The predicted octanol–water partition coefficient (Wildman–Crippen LogP) is 4.03. The molecule has 6 rings (SSSR count). The molecule has 0 saturated heterocycles. The average molecular weight is 557 g/mol. The molecule has 2 amide bonds. The number of aromatic nitrogens is 3. The molecule has 40 heavy (non-hydrogen) atoms. The molecule has 0 bridgehead atoms. The number of benzene rings is 1. The first-order valence-corrected chi connectivity index (χ1v) is 13.7. The van der Waals surface area contributed by atoms with E-state index in [0.29, 0.717) is 11.5 Å². The number of fused-ring (bicyclic) bond motifs is 2. The molecular weight excluding hydrogens is 525 g/mol. The standard InChI is InChI=1S/C28H31F3N6O3/c1-14(16-4-5-16)36-12-18-10-17(11-20(28(29,30)31)22(18)27(36)40)21-8-9-37-25(34-21)23(24(32)35-37)26(39)33-19-6-2-15(13-38)3-7-19/h8-11,14-16,19,38H,2-7,12-13H2,1H3,(H2,32,35)(H,33,39)/t14-,15-,19-/m0/s1. The van der Waals surface area contributed by atoms with Gasteiger partial charge in [-0.2, -0.15) is 13.2 Å². The highest BCUT2D eigenvalue weighted by Gasteiger charge is 2.44. The summed E-state index contributed by atoms with van der Waals surface area (Å²) in [6, 6.07) is 3.84. The van der Waals surface area contributed by atoms with E-state index in [1.54, 1.807) is 6.07 Å². The minimum Gasteiger partial charge on any atom is -0.396 e. The number of anilines is 1. The summed E-state index contributed by atoms with van der Waals surface area (Å²) in [5.41, 5.74) is 5.70. The zero-order chi connectivity index (χ0) is 28.3. The molecule has 12 heteroatoms. The quantitative estimate of drug-likeness (QED) is 0.421. The number of amides is 2. The number of nitrogens with two attached hydrogens (primary N) is 1. The highest BCUT2D eigenvalue weighted by molar-refractivity contribution is 6.04. The maximum Gasteiger partial charge on any atom is 0.417 e. The van der Waals surface area contributed by atoms with E-state index in [2.05, 4.69) is 15.4 Å². The lowest BCUT2D eigenvalue weighted by Crippen LogP contribution is -2.38. The molecule has 3 heterocycles. The van der Waals surface area contributed by atoms with Crippen molar-refractivity contribution in [3.63, 3.8) is 0 Å². The molecule has 0 radical (unpaired) electrons. The van der Waals surface area contributed by atoms with Crippen LogP contribution < -0.4 is 11.1 Å². The number of halogens is 3. The number of hydrogen-bond donors (Lipinski definition) is 3. The first-order valence-electron chi connectivity index (χ1n) is 13.7. The van der Waals surface area contributed by atoms with Gasteiger partial charge in [0, 0.05) is 37.0 Å². The molecule has 3 aliphatic rings. The van der Waals surface area contributed by atoms with Gasteiger partial charge >= 0.3 is 6.18 Å².